The summed E-state index contributed by atoms with van der Waals surface area (Å²) in [6, 6.07) is 3.63. The maximum Gasteiger partial charge on any atom is 0.409 e. The van der Waals surface area contributed by atoms with Gasteiger partial charge >= 0.3 is 12.1 Å². The number of ether oxygens (including phenoxy) is 4. The number of anilines is 1. The van der Waals surface area contributed by atoms with Crippen LogP contribution in [0.4, 0.5) is 10.5 Å². The standard InChI is InChI=1S/C36H51ClN4O9/c1-9-24-27-20-36(46,38-34(45)48-27)14-11-10-12-22(2)16-23-17-25(32(37)26(18-23)47-8)41(7)30(43)19-28(35(3)33(24)50-35)49-31(44)21-40(6)29(42)13-15-39(4)5/h10-12,17-18,24,27-28,33,46H,9,13-16,19-21H2,1-8H3,(H,38,45)/b11-10+,22-12+/t24-,27+,28+,33+,35+,36-/m1/s1. The molecule has 276 valence electrons. The summed E-state index contributed by atoms with van der Waals surface area (Å²) in [7, 11) is 8.32. The Kier molecular flexibility index (Phi) is 12.6. The molecule has 2 saturated heterocycles. The minimum absolute atomic E-state index is 0.0936. The molecule has 0 saturated carbocycles. The zero-order valence-electron chi connectivity index (χ0n) is 30.3. The van der Waals surface area contributed by atoms with Crippen LogP contribution in [0.15, 0.2) is 35.9 Å². The first kappa shape index (κ1) is 39.1. The van der Waals surface area contributed by atoms with Crippen molar-refractivity contribution in [2.24, 2.45) is 5.92 Å². The molecule has 14 heteroatoms. The average Bonchev–Trinajstić information content (AvgIpc) is 3.72. The largest absolute Gasteiger partial charge is 0.495 e. The zero-order chi connectivity index (χ0) is 37.0. The minimum Gasteiger partial charge on any atom is -0.495 e. The van der Waals surface area contributed by atoms with Gasteiger partial charge in [-0.15, -0.1) is 0 Å². The van der Waals surface area contributed by atoms with Crippen LogP contribution in [0.2, 0.25) is 5.02 Å². The number of halogens is 1. The molecule has 1 aromatic rings. The number of epoxide rings is 1. The number of carbonyl (C=O) groups is 4. The van der Waals surface area contributed by atoms with Crippen molar-refractivity contribution in [2.75, 3.05) is 53.3 Å². The fraction of sp³-hybridized carbons (Fsp3) is 0.611. The normalized spacial score (nSPS) is 30.3. The summed E-state index contributed by atoms with van der Waals surface area (Å²) in [5.74, 6) is -1.34. The Bertz CT molecular complexity index is 1520. The van der Waals surface area contributed by atoms with Crippen molar-refractivity contribution < 1.29 is 43.2 Å². The third kappa shape index (κ3) is 9.36. The van der Waals surface area contributed by atoms with Gasteiger partial charge in [-0.1, -0.05) is 42.3 Å². The fourth-order valence-electron chi connectivity index (χ4n) is 6.63. The van der Waals surface area contributed by atoms with Crippen LogP contribution in [-0.4, -0.2) is 117 Å². The summed E-state index contributed by atoms with van der Waals surface area (Å²) in [6.45, 7) is 5.82. The molecule has 0 aliphatic carbocycles. The summed E-state index contributed by atoms with van der Waals surface area (Å²) in [6.07, 6.45) is 3.59. The number of likely N-dealkylation sites (N-methyl/N-ethyl adjacent to an activating group) is 1. The summed E-state index contributed by atoms with van der Waals surface area (Å²) in [5.41, 5.74) is -0.470. The van der Waals surface area contributed by atoms with E-state index in [4.69, 9.17) is 30.5 Å². The molecular weight excluding hydrogens is 668 g/mol. The van der Waals surface area contributed by atoms with E-state index < -0.39 is 53.5 Å². The lowest BCUT2D eigenvalue weighted by molar-refractivity contribution is -0.157. The Balaban J connectivity index is 1.71. The second-order valence-electron chi connectivity index (χ2n) is 14.0. The number of amides is 3. The maximum absolute atomic E-state index is 14.0. The molecule has 3 aliphatic rings. The number of carbonyl (C=O) groups excluding carboxylic acids is 4. The molecule has 1 aromatic carbocycles. The van der Waals surface area contributed by atoms with Gasteiger partial charge in [0.25, 0.3) is 0 Å². The number of aliphatic hydroxyl groups is 1. The first-order chi connectivity index (χ1) is 23.5. The second kappa shape index (κ2) is 16.1. The Hall–Kier alpha value is -3.65. The smallest absolute Gasteiger partial charge is 0.409 e. The Morgan fingerprint density at radius 3 is 2.60 bits per heavy atom. The quantitative estimate of drug-likeness (QED) is 0.300. The monoisotopic (exact) mass is 718 g/mol. The van der Waals surface area contributed by atoms with Crippen LogP contribution >= 0.6 is 11.6 Å². The van der Waals surface area contributed by atoms with Crippen LogP contribution in [0.3, 0.4) is 0 Å². The number of alkyl carbamates (subject to hydrolysis) is 1. The number of benzene rings is 1. The highest BCUT2D eigenvalue weighted by atomic mass is 35.5. The van der Waals surface area contributed by atoms with Gasteiger partial charge in [-0.05, 0) is 58.5 Å². The summed E-state index contributed by atoms with van der Waals surface area (Å²) < 4.78 is 23.5. The maximum atomic E-state index is 14.0. The van der Waals surface area contributed by atoms with E-state index >= 15 is 0 Å². The summed E-state index contributed by atoms with van der Waals surface area (Å²) >= 11 is 6.73. The highest BCUT2D eigenvalue weighted by Crippen LogP contribution is 2.50. The second-order valence-corrected chi connectivity index (χ2v) is 14.4. The van der Waals surface area contributed by atoms with Gasteiger partial charge in [0.15, 0.2) is 0 Å². The lowest BCUT2D eigenvalue weighted by Gasteiger charge is -2.39. The fourth-order valence-corrected chi connectivity index (χ4v) is 6.94. The van der Waals surface area contributed by atoms with E-state index in [0.717, 1.165) is 11.1 Å². The Morgan fingerprint density at radius 2 is 1.94 bits per heavy atom. The van der Waals surface area contributed by atoms with E-state index in [1.54, 1.807) is 20.0 Å². The molecule has 2 fully saturated rings. The van der Waals surface area contributed by atoms with Crippen LogP contribution in [0.1, 0.15) is 58.4 Å². The highest BCUT2D eigenvalue weighted by molar-refractivity contribution is 6.35. The molecule has 50 heavy (non-hydrogen) atoms. The highest BCUT2D eigenvalue weighted by Gasteiger charge is 2.64. The lowest BCUT2D eigenvalue weighted by Crippen LogP contribution is -2.58. The van der Waals surface area contributed by atoms with Crippen LogP contribution in [0.5, 0.6) is 5.75 Å². The molecule has 0 spiro atoms. The van der Waals surface area contributed by atoms with Gasteiger partial charge in [0.1, 0.15) is 40.9 Å². The molecular formula is C36H51ClN4O9. The molecule has 13 nitrogen and oxygen atoms in total. The van der Waals surface area contributed by atoms with E-state index in [1.165, 1.54) is 24.0 Å². The molecule has 3 aliphatic heterocycles. The number of fused-ring (bicyclic) bond motifs is 5. The van der Waals surface area contributed by atoms with Crippen LogP contribution in [-0.2, 0) is 35.0 Å². The topological polar surface area (TPSA) is 150 Å². The van der Waals surface area contributed by atoms with Crippen molar-refractivity contribution in [1.82, 2.24) is 15.1 Å². The Labute approximate surface area is 299 Å². The summed E-state index contributed by atoms with van der Waals surface area (Å²) in [4.78, 5) is 57.4. The van der Waals surface area contributed by atoms with Gasteiger partial charge in [0, 0.05) is 45.8 Å². The number of allylic oxidation sites excluding steroid dienone is 3. The number of esters is 1. The number of hydrogen-bond donors (Lipinski definition) is 2. The predicted octanol–water partition coefficient (Wildman–Crippen LogP) is 3.84. The first-order valence-corrected chi connectivity index (χ1v) is 17.3. The third-order valence-corrected chi connectivity index (χ3v) is 10.1. The molecule has 0 aromatic heterocycles. The van der Waals surface area contributed by atoms with Gasteiger partial charge in [0.05, 0.1) is 25.3 Å². The molecule has 0 radical (unpaired) electrons. The van der Waals surface area contributed by atoms with Crippen molar-refractivity contribution in [1.29, 1.82) is 0 Å². The predicted molar refractivity (Wildman–Crippen MR) is 188 cm³/mol. The molecule has 3 amide bonds. The molecule has 2 N–H and O–H groups in total. The number of nitrogens with zero attached hydrogens (tertiary/aromatic N) is 3. The third-order valence-electron chi connectivity index (χ3n) is 9.69. The summed E-state index contributed by atoms with van der Waals surface area (Å²) in [5, 5.41) is 14.3. The minimum atomic E-state index is -1.56. The van der Waals surface area contributed by atoms with E-state index in [0.29, 0.717) is 30.8 Å². The van der Waals surface area contributed by atoms with Crippen molar-refractivity contribution in [2.45, 2.75) is 88.9 Å². The average molecular weight is 719 g/mol. The number of nitrogens with one attached hydrogen (secondary N) is 1. The van der Waals surface area contributed by atoms with E-state index in [9.17, 15) is 24.3 Å². The zero-order valence-corrected chi connectivity index (χ0v) is 31.0. The van der Waals surface area contributed by atoms with Crippen LogP contribution < -0.4 is 15.0 Å². The van der Waals surface area contributed by atoms with Crippen LogP contribution in [0, 0.1) is 5.92 Å². The van der Waals surface area contributed by atoms with Crippen molar-refractivity contribution in [3.8, 4) is 5.75 Å². The number of hydrogen-bond acceptors (Lipinski definition) is 10. The molecule has 3 heterocycles. The van der Waals surface area contributed by atoms with Gasteiger partial charge in [0.2, 0.25) is 11.8 Å². The molecule has 0 unspecified atom stereocenters. The van der Waals surface area contributed by atoms with Gasteiger partial charge in [-0.2, -0.15) is 0 Å². The van der Waals surface area contributed by atoms with E-state index in [1.807, 2.05) is 57.1 Å². The van der Waals surface area contributed by atoms with Gasteiger partial charge < -0.3 is 38.8 Å². The van der Waals surface area contributed by atoms with Gasteiger partial charge in [-0.25, -0.2) is 4.79 Å². The number of rotatable bonds is 8. The van der Waals surface area contributed by atoms with Crippen LogP contribution in [0.25, 0.3) is 0 Å². The first-order valence-electron chi connectivity index (χ1n) is 16.9. The number of methoxy groups -OCH3 is 1. The molecule has 4 bridgehead atoms. The van der Waals surface area contributed by atoms with Crippen molar-refractivity contribution >= 4 is 41.2 Å². The van der Waals surface area contributed by atoms with Crippen molar-refractivity contribution in [3.63, 3.8) is 0 Å². The van der Waals surface area contributed by atoms with Crippen molar-refractivity contribution in [3.05, 3.63) is 46.5 Å². The molecule has 6 atom stereocenters. The van der Waals surface area contributed by atoms with Gasteiger partial charge in [-0.3, -0.25) is 19.7 Å². The SMILES string of the molecule is CC[C@@H]1[C@@H]2C[C@](O)(C/C=C/C=C(\C)Cc3cc(OC)c(Cl)c(c3)N(C)C(=O)C[C@H](OC(=O)CN(C)C(=O)CCN(C)C)[C@]3(C)O[C@@H]13)NC(=O)O2. The molecule has 4 rings (SSSR count). The van der Waals surface area contributed by atoms with E-state index in [2.05, 4.69) is 5.32 Å². The lowest BCUT2D eigenvalue weighted by atomic mass is 9.82. The Morgan fingerprint density at radius 1 is 1.22 bits per heavy atom. The van der Waals surface area contributed by atoms with E-state index in [-0.39, 0.29) is 43.2 Å².